The van der Waals surface area contributed by atoms with Gasteiger partial charge in [-0.1, -0.05) is 22.0 Å². The van der Waals surface area contributed by atoms with Gasteiger partial charge >= 0.3 is 6.03 Å². The third-order valence-electron chi connectivity index (χ3n) is 3.08. The smallest absolute Gasteiger partial charge is 0.325 e. The summed E-state index contributed by atoms with van der Waals surface area (Å²) in [5, 5.41) is 12.5. The van der Waals surface area contributed by atoms with Crippen molar-refractivity contribution in [2.75, 3.05) is 13.2 Å². The fourth-order valence-electron chi connectivity index (χ4n) is 2.00. The third kappa shape index (κ3) is 3.74. The lowest BCUT2D eigenvalue weighted by molar-refractivity contribution is -0.131. The molecule has 2 N–H and O–H groups in total. The van der Waals surface area contributed by atoms with Gasteiger partial charge in [0.25, 0.3) is 5.91 Å². The van der Waals surface area contributed by atoms with E-state index in [0.717, 1.165) is 9.37 Å². The van der Waals surface area contributed by atoms with Gasteiger partial charge in [0.2, 0.25) is 0 Å². The van der Waals surface area contributed by atoms with E-state index in [1.54, 1.807) is 26.0 Å². The predicted molar refractivity (Wildman–Crippen MR) is 80.0 cm³/mol. The van der Waals surface area contributed by atoms with Crippen molar-refractivity contribution >= 4 is 27.9 Å². The number of ether oxygens (including phenoxy) is 1. The molecule has 21 heavy (non-hydrogen) atoms. The number of nitrogens with one attached hydrogen (secondary N) is 1. The molecule has 2 rings (SSSR count). The van der Waals surface area contributed by atoms with Gasteiger partial charge < -0.3 is 15.2 Å². The van der Waals surface area contributed by atoms with Gasteiger partial charge in [0, 0.05) is 4.47 Å². The van der Waals surface area contributed by atoms with Crippen molar-refractivity contribution in [1.29, 1.82) is 0 Å². The average molecular weight is 357 g/mol. The number of benzene rings is 1. The largest absolute Gasteiger partial charge is 0.491 e. The molecule has 1 saturated heterocycles. The number of hydrogen-bond donors (Lipinski definition) is 2. The van der Waals surface area contributed by atoms with E-state index < -0.39 is 17.7 Å². The molecule has 0 unspecified atom stereocenters. The molecule has 1 fully saturated rings. The van der Waals surface area contributed by atoms with E-state index in [2.05, 4.69) is 21.2 Å². The number of hydrogen-bond acceptors (Lipinski definition) is 4. The van der Waals surface area contributed by atoms with Gasteiger partial charge in [-0.2, -0.15) is 0 Å². The van der Waals surface area contributed by atoms with Gasteiger partial charge in [-0.25, -0.2) is 4.79 Å². The van der Waals surface area contributed by atoms with Gasteiger partial charge in [0.15, 0.2) is 0 Å². The molecule has 0 aliphatic carbocycles. The molecule has 0 radical (unpaired) electrons. The summed E-state index contributed by atoms with van der Waals surface area (Å²) < 4.78 is 6.30. The number of imide groups is 1. The van der Waals surface area contributed by atoms with E-state index in [1.807, 2.05) is 12.1 Å². The van der Waals surface area contributed by atoms with Crippen LogP contribution >= 0.6 is 15.9 Å². The highest BCUT2D eigenvalue weighted by Gasteiger charge is 2.44. The Morgan fingerprint density at radius 1 is 1.43 bits per heavy atom. The van der Waals surface area contributed by atoms with Crippen LogP contribution in [0.15, 0.2) is 28.7 Å². The summed E-state index contributed by atoms with van der Waals surface area (Å²) in [4.78, 5) is 24.7. The van der Waals surface area contributed by atoms with Crippen LogP contribution < -0.4 is 10.1 Å². The Kier molecular flexibility index (Phi) is 4.53. The summed E-state index contributed by atoms with van der Waals surface area (Å²) in [6.07, 6.45) is -0.951. The fraction of sp³-hybridized carbons (Fsp3) is 0.429. The maximum Gasteiger partial charge on any atom is 0.325 e. The SMILES string of the molecule is CC1(C)NC(=O)N(C[C@H](O)COc2cccc(Br)c2)C1=O. The van der Waals surface area contributed by atoms with Gasteiger partial charge in [0.05, 0.1) is 6.54 Å². The van der Waals surface area contributed by atoms with Crippen molar-refractivity contribution in [3.05, 3.63) is 28.7 Å². The first kappa shape index (κ1) is 15.8. The number of nitrogens with zero attached hydrogens (tertiary/aromatic N) is 1. The summed E-state index contributed by atoms with van der Waals surface area (Å²) >= 11 is 3.32. The molecule has 1 heterocycles. The van der Waals surface area contributed by atoms with E-state index in [1.165, 1.54) is 0 Å². The Bertz CT molecular complexity index is 562. The first-order chi connectivity index (χ1) is 9.79. The van der Waals surface area contributed by atoms with E-state index in [9.17, 15) is 14.7 Å². The Labute approximate surface area is 131 Å². The first-order valence-electron chi connectivity index (χ1n) is 6.50. The minimum absolute atomic E-state index is 0.00601. The highest BCUT2D eigenvalue weighted by molar-refractivity contribution is 9.10. The molecule has 1 aliphatic heterocycles. The predicted octanol–water partition coefficient (Wildman–Crippen LogP) is 1.52. The van der Waals surface area contributed by atoms with Gasteiger partial charge in [-0.15, -0.1) is 0 Å². The van der Waals surface area contributed by atoms with Crippen LogP contribution in [-0.4, -0.2) is 46.7 Å². The van der Waals surface area contributed by atoms with Crippen LogP contribution in [0.2, 0.25) is 0 Å². The summed E-state index contributed by atoms with van der Waals surface area (Å²) in [7, 11) is 0. The number of amides is 3. The van der Waals surface area contributed by atoms with E-state index in [0.29, 0.717) is 5.75 Å². The molecule has 1 atom stereocenters. The molecule has 0 bridgehead atoms. The fourth-order valence-corrected chi connectivity index (χ4v) is 2.37. The van der Waals surface area contributed by atoms with Crippen molar-refractivity contribution in [1.82, 2.24) is 10.2 Å². The van der Waals surface area contributed by atoms with Crippen LogP contribution in [0, 0.1) is 0 Å². The average Bonchev–Trinajstić information content (AvgIpc) is 2.59. The van der Waals surface area contributed by atoms with Crippen molar-refractivity contribution in [2.45, 2.75) is 25.5 Å². The third-order valence-corrected chi connectivity index (χ3v) is 3.57. The van der Waals surface area contributed by atoms with Gasteiger partial charge in [-0.3, -0.25) is 9.69 Å². The van der Waals surface area contributed by atoms with Crippen molar-refractivity contribution in [3.63, 3.8) is 0 Å². The second-order valence-electron chi connectivity index (χ2n) is 5.39. The second kappa shape index (κ2) is 6.03. The number of rotatable bonds is 5. The highest BCUT2D eigenvalue weighted by Crippen LogP contribution is 2.19. The molecule has 0 aromatic heterocycles. The van der Waals surface area contributed by atoms with E-state index in [-0.39, 0.29) is 19.1 Å². The zero-order chi connectivity index (χ0) is 15.6. The standard InChI is InChI=1S/C14H17BrN2O4/c1-14(2)12(19)17(13(20)16-14)7-10(18)8-21-11-5-3-4-9(15)6-11/h3-6,10,18H,7-8H2,1-2H3,(H,16,20)/t10-/m0/s1. The molecule has 1 aromatic rings. The molecule has 1 aromatic carbocycles. The number of carbonyl (C=O) groups excluding carboxylic acids is 2. The minimum atomic E-state index is -0.951. The number of aliphatic hydroxyl groups excluding tert-OH is 1. The Morgan fingerprint density at radius 3 is 2.71 bits per heavy atom. The first-order valence-corrected chi connectivity index (χ1v) is 7.29. The molecule has 0 saturated carbocycles. The Hall–Kier alpha value is -1.60. The summed E-state index contributed by atoms with van der Waals surface area (Å²) in [6, 6.07) is 6.70. The highest BCUT2D eigenvalue weighted by atomic mass is 79.9. The Morgan fingerprint density at radius 2 is 2.14 bits per heavy atom. The number of urea groups is 1. The lowest BCUT2D eigenvalue weighted by Gasteiger charge is -2.19. The molecule has 7 heteroatoms. The lowest BCUT2D eigenvalue weighted by Crippen LogP contribution is -2.42. The maximum atomic E-state index is 12.0. The molecule has 1 aliphatic rings. The van der Waals surface area contributed by atoms with Crippen LogP contribution in [0.5, 0.6) is 5.75 Å². The van der Waals surface area contributed by atoms with Gasteiger partial charge in [-0.05, 0) is 32.0 Å². The molecular weight excluding hydrogens is 340 g/mol. The number of halogens is 1. The molecule has 114 valence electrons. The number of carbonyl (C=O) groups is 2. The molecule has 6 nitrogen and oxygen atoms in total. The quantitative estimate of drug-likeness (QED) is 0.784. The van der Waals surface area contributed by atoms with Crippen LogP contribution in [0.25, 0.3) is 0 Å². The zero-order valence-electron chi connectivity index (χ0n) is 11.8. The van der Waals surface area contributed by atoms with Crippen molar-refractivity contribution in [3.8, 4) is 5.75 Å². The maximum absolute atomic E-state index is 12.0. The molecular formula is C14H17BrN2O4. The number of β-amino-alcohol motifs (C(OH)–C–C–N with tert-alkyl or cyclic N) is 1. The van der Waals surface area contributed by atoms with E-state index >= 15 is 0 Å². The Balaban J connectivity index is 1.89. The van der Waals surface area contributed by atoms with Crippen molar-refractivity contribution < 1.29 is 19.4 Å². The van der Waals surface area contributed by atoms with Gasteiger partial charge in [0.1, 0.15) is 24.0 Å². The lowest BCUT2D eigenvalue weighted by atomic mass is 10.1. The van der Waals surface area contributed by atoms with Crippen LogP contribution in [0.1, 0.15) is 13.8 Å². The molecule has 3 amide bonds. The summed E-state index contributed by atoms with van der Waals surface area (Å²) in [5.74, 6) is 0.245. The summed E-state index contributed by atoms with van der Waals surface area (Å²) in [5.41, 5.74) is -0.929. The number of aliphatic hydroxyl groups is 1. The second-order valence-corrected chi connectivity index (χ2v) is 6.31. The van der Waals surface area contributed by atoms with E-state index in [4.69, 9.17) is 4.74 Å². The summed E-state index contributed by atoms with van der Waals surface area (Å²) in [6.45, 7) is 3.14. The van der Waals surface area contributed by atoms with Crippen LogP contribution in [0.3, 0.4) is 0 Å². The topological polar surface area (TPSA) is 78.9 Å². The molecule has 0 spiro atoms. The minimum Gasteiger partial charge on any atom is -0.491 e. The normalized spacial score (nSPS) is 18.6. The monoisotopic (exact) mass is 356 g/mol. The zero-order valence-corrected chi connectivity index (χ0v) is 13.4. The van der Waals surface area contributed by atoms with Crippen LogP contribution in [0.4, 0.5) is 4.79 Å². The van der Waals surface area contributed by atoms with Crippen molar-refractivity contribution in [2.24, 2.45) is 0 Å². The van der Waals surface area contributed by atoms with Crippen LogP contribution in [-0.2, 0) is 4.79 Å².